The standard InChI is InChI=1S/5CH5O4P.2V/c5*1-5-6(2,3)4;;/h5*1H3,(H2,2,3,4);;/q;;;;;2*+5/p-10. The van der Waals surface area contributed by atoms with Gasteiger partial charge in [-0.3, -0.25) is 0 Å². The Morgan fingerprint density at radius 1 is 0.344 bits per heavy atom. The van der Waals surface area contributed by atoms with Gasteiger partial charge in [-0.15, -0.1) is 0 Å². The van der Waals surface area contributed by atoms with Crippen molar-refractivity contribution in [2.24, 2.45) is 0 Å². The predicted octanol–water partition coefficient (Wildman–Crippen LogP) is -7.70. The molecule has 0 aromatic heterocycles. The van der Waals surface area contributed by atoms with E-state index < -0.39 is 39.1 Å². The van der Waals surface area contributed by atoms with Gasteiger partial charge in [0.25, 0.3) is 0 Å². The molecule has 32 heavy (non-hydrogen) atoms. The molecule has 0 bridgehead atoms. The van der Waals surface area contributed by atoms with Crippen molar-refractivity contribution in [1.82, 2.24) is 0 Å². The molecule has 0 aliphatic rings. The molecule has 27 heteroatoms. The second kappa shape index (κ2) is 24.4. The van der Waals surface area contributed by atoms with Crippen molar-refractivity contribution < 1.29 is 131 Å². The molecule has 0 atom stereocenters. The Balaban J connectivity index is -0.0000000481. The Bertz CT molecular complexity index is 497. The van der Waals surface area contributed by atoms with Crippen LogP contribution in [0.3, 0.4) is 0 Å². The molecular formula is C5H15O20P5V2. The molecule has 0 aliphatic carbocycles. The third-order valence-corrected chi connectivity index (χ3v) is 3.35. The summed E-state index contributed by atoms with van der Waals surface area (Å²) in [5.74, 6) is 0. The molecule has 0 heterocycles. The number of rotatable bonds is 5. The first-order valence-electron chi connectivity index (χ1n) is 5.69. The summed E-state index contributed by atoms with van der Waals surface area (Å²) in [7, 11) is -19.1. The van der Waals surface area contributed by atoms with Crippen LogP contribution in [0.25, 0.3) is 0 Å². The number of phosphoric acid groups is 5. The summed E-state index contributed by atoms with van der Waals surface area (Å²) < 4.78 is 63.2. The second-order valence-electron chi connectivity index (χ2n) is 3.15. The molecule has 0 aliphatic heterocycles. The van der Waals surface area contributed by atoms with Crippen molar-refractivity contribution in [2.45, 2.75) is 0 Å². The molecule has 0 amide bonds. The zero-order chi connectivity index (χ0) is 26.0. The van der Waals surface area contributed by atoms with Crippen molar-refractivity contribution in [1.29, 1.82) is 0 Å². The van der Waals surface area contributed by atoms with Gasteiger partial charge in [-0.25, -0.2) is 0 Å². The summed E-state index contributed by atoms with van der Waals surface area (Å²) in [6.07, 6.45) is 0. The maximum Gasteiger partial charge on any atom is 5.00 e. The Kier molecular flexibility index (Phi) is 38.6. The summed E-state index contributed by atoms with van der Waals surface area (Å²) in [5.41, 5.74) is 0. The molecular weight excluding hydrogens is 637 g/mol. The molecule has 0 N–H and O–H groups in total. The first-order valence-corrected chi connectivity index (χ1v) is 13.0. The molecule has 0 unspecified atom stereocenters. The van der Waals surface area contributed by atoms with E-state index in [4.69, 9.17) is 0 Å². The van der Waals surface area contributed by atoms with Gasteiger partial charge in [0.05, 0.1) is 39.1 Å². The van der Waals surface area contributed by atoms with Gasteiger partial charge in [-0.05, 0) is 0 Å². The monoisotopic (exact) mass is 652 g/mol. The molecule has 0 radical (unpaired) electrons. The van der Waals surface area contributed by atoms with Gasteiger partial charge in [0.15, 0.2) is 0 Å². The van der Waals surface area contributed by atoms with Crippen LogP contribution in [0.5, 0.6) is 0 Å². The van der Waals surface area contributed by atoms with Crippen LogP contribution in [-0.4, -0.2) is 35.5 Å². The molecule has 0 rings (SSSR count). The van der Waals surface area contributed by atoms with E-state index in [0.717, 1.165) is 35.5 Å². The SMILES string of the molecule is COP(=O)([O-])[O-].COP(=O)([O-])[O-].COP(=O)([O-])[O-].COP(=O)([O-])[O-].COP(=O)([O-])[O-].[V+5].[V+5]. The summed E-state index contributed by atoms with van der Waals surface area (Å²) in [5, 5.41) is 0. The number of phosphoric ester groups is 5. The minimum Gasteiger partial charge on any atom is -0.790 e. The van der Waals surface area contributed by atoms with E-state index in [-0.39, 0.29) is 37.1 Å². The molecule has 0 aromatic rings. The molecule has 190 valence electrons. The summed E-state index contributed by atoms with van der Waals surface area (Å²) >= 11 is 0. The number of hydrogen-bond acceptors (Lipinski definition) is 20. The quantitative estimate of drug-likeness (QED) is 0.249. The molecule has 0 fully saturated rings. The van der Waals surface area contributed by atoms with Gasteiger partial charge in [-0.1, -0.05) is 0 Å². The van der Waals surface area contributed by atoms with Crippen LogP contribution in [0, 0.1) is 0 Å². The smallest absolute Gasteiger partial charge is 0.790 e. The third kappa shape index (κ3) is 107. The molecule has 20 nitrogen and oxygen atoms in total. The molecule has 0 saturated heterocycles. The van der Waals surface area contributed by atoms with Crippen molar-refractivity contribution >= 4 is 39.1 Å². The zero-order valence-corrected chi connectivity index (χ0v) is 23.6. The Labute approximate surface area is 205 Å². The first kappa shape index (κ1) is 50.6. The fourth-order valence-corrected chi connectivity index (χ4v) is 0. The van der Waals surface area contributed by atoms with E-state index in [1.54, 1.807) is 0 Å². The molecule has 0 saturated carbocycles. The van der Waals surface area contributed by atoms with E-state index in [1.807, 2.05) is 0 Å². The van der Waals surface area contributed by atoms with Crippen LogP contribution >= 0.6 is 39.1 Å². The number of hydrogen-bond donors (Lipinski definition) is 0. The van der Waals surface area contributed by atoms with Crippen LogP contribution in [0.15, 0.2) is 0 Å². The topological polar surface area (TPSA) is 362 Å². The van der Waals surface area contributed by atoms with Crippen LogP contribution < -0.4 is 48.9 Å². The van der Waals surface area contributed by atoms with Crippen LogP contribution in [0.4, 0.5) is 0 Å². The largest absolute Gasteiger partial charge is 5.00 e. The average molecular weight is 652 g/mol. The van der Waals surface area contributed by atoms with Gasteiger partial charge in [0.1, 0.15) is 0 Å². The zero-order valence-electron chi connectivity index (χ0n) is 16.3. The predicted molar refractivity (Wildman–Crippen MR) is 73.1 cm³/mol. The van der Waals surface area contributed by atoms with E-state index in [2.05, 4.69) is 22.6 Å². The van der Waals surface area contributed by atoms with E-state index in [9.17, 15) is 71.8 Å². The third-order valence-electron chi connectivity index (χ3n) is 1.12. The average Bonchev–Trinajstić information content (AvgIpc) is 2.54. The molecule has 0 spiro atoms. The maximum absolute atomic E-state index is 9.25. The molecule has 0 aromatic carbocycles. The second-order valence-corrected chi connectivity index (χ2v) is 9.45. The summed E-state index contributed by atoms with van der Waals surface area (Å²) in [4.78, 5) is 92.5. The van der Waals surface area contributed by atoms with Gasteiger partial charge in [-0.2, -0.15) is 0 Å². The van der Waals surface area contributed by atoms with Crippen molar-refractivity contribution in [3.63, 3.8) is 0 Å². The van der Waals surface area contributed by atoms with Crippen molar-refractivity contribution in [2.75, 3.05) is 35.5 Å². The van der Waals surface area contributed by atoms with E-state index in [0.29, 0.717) is 0 Å². The summed E-state index contributed by atoms with van der Waals surface area (Å²) in [6.45, 7) is 0. The van der Waals surface area contributed by atoms with Crippen LogP contribution in [-0.2, 0) is 82.6 Å². The fourth-order valence-electron chi connectivity index (χ4n) is 0. The van der Waals surface area contributed by atoms with Gasteiger partial charge in [0, 0.05) is 35.5 Å². The van der Waals surface area contributed by atoms with Gasteiger partial charge in [0.2, 0.25) is 0 Å². The van der Waals surface area contributed by atoms with Gasteiger partial charge < -0.3 is 94.4 Å². The van der Waals surface area contributed by atoms with Gasteiger partial charge >= 0.3 is 37.1 Å². The van der Waals surface area contributed by atoms with Crippen molar-refractivity contribution in [3.05, 3.63) is 0 Å². The minimum atomic E-state index is -4.65. The Morgan fingerprint density at radius 2 is 0.375 bits per heavy atom. The van der Waals surface area contributed by atoms with E-state index in [1.165, 1.54) is 0 Å². The summed E-state index contributed by atoms with van der Waals surface area (Å²) in [6, 6.07) is 0. The van der Waals surface area contributed by atoms with Crippen LogP contribution in [0.2, 0.25) is 0 Å². The Hall–Kier alpha value is 1.72. The minimum absolute atomic E-state index is 0. The Morgan fingerprint density at radius 3 is 0.375 bits per heavy atom. The normalized spacial score (nSPS) is 11.1. The van der Waals surface area contributed by atoms with Crippen molar-refractivity contribution in [3.8, 4) is 0 Å². The fraction of sp³-hybridized carbons (Fsp3) is 1.00. The first-order chi connectivity index (χ1) is 12.8. The van der Waals surface area contributed by atoms with Crippen LogP contribution in [0.1, 0.15) is 0 Å². The maximum atomic E-state index is 9.25. The van der Waals surface area contributed by atoms with E-state index >= 15 is 0 Å².